The number of hydrogen-bond acceptors (Lipinski definition) is 5. The highest BCUT2D eigenvalue weighted by molar-refractivity contribution is 5.93. The Kier molecular flexibility index (Phi) is 4.42. The molecular formula is C17H29N5O2. The minimum Gasteiger partial charge on any atom is -0.378 e. The van der Waals surface area contributed by atoms with E-state index in [1.54, 1.807) is 7.11 Å². The van der Waals surface area contributed by atoms with Gasteiger partial charge in [-0.05, 0) is 46.2 Å². The second kappa shape index (κ2) is 6.11. The lowest BCUT2D eigenvalue weighted by Gasteiger charge is -2.59. The molecule has 1 aliphatic heterocycles. The van der Waals surface area contributed by atoms with Crippen molar-refractivity contribution in [2.24, 2.45) is 5.41 Å². The molecule has 2 heterocycles. The topological polar surface area (TPSA) is 81.1 Å². The smallest absolute Gasteiger partial charge is 0.273 e. The molecule has 0 aromatic carbocycles. The van der Waals surface area contributed by atoms with Gasteiger partial charge in [0.15, 0.2) is 5.69 Å². The van der Waals surface area contributed by atoms with Crippen LogP contribution in [0.15, 0.2) is 0 Å². The maximum atomic E-state index is 12.7. The maximum absolute atomic E-state index is 12.7. The van der Waals surface area contributed by atoms with Gasteiger partial charge in [0.1, 0.15) is 0 Å². The summed E-state index contributed by atoms with van der Waals surface area (Å²) in [4.78, 5) is 12.7. The fourth-order valence-corrected chi connectivity index (χ4v) is 3.90. The van der Waals surface area contributed by atoms with Gasteiger partial charge in [-0.1, -0.05) is 19.1 Å². The van der Waals surface area contributed by atoms with Crippen LogP contribution in [0.2, 0.25) is 0 Å². The molecule has 2 unspecified atom stereocenters. The number of carbonyl (C=O) groups excluding carboxylic acids is 1. The first kappa shape index (κ1) is 17.4. The summed E-state index contributed by atoms with van der Waals surface area (Å²) in [7, 11) is 1.73. The zero-order valence-electron chi connectivity index (χ0n) is 15.3. The molecule has 2 fully saturated rings. The molecule has 1 aromatic heterocycles. The van der Waals surface area contributed by atoms with Gasteiger partial charge in [-0.15, -0.1) is 5.10 Å². The third kappa shape index (κ3) is 2.63. The summed E-state index contributed by atoms with van der Waals surface area (Å²) >= 11 is 0. The van der Waals surface area contributed by atoms with Crippen LogP contribution in [-0.2, 0) is 4.74 Å². The van der Waals surface area contributed by atoms with Gasteiger partial charge in [-0.25, -0.2) is 4.68 Å². The zero-order chi connectivity index (χ0) is 17.5. The lowest BCUT2D eigenvalue weighted by atomic mass is 9.56. The van der Waals surface area contributed by atoms with Gasteiger partial charge < -0.3 is 15.4 Å². The number of hydrogen-bond donors (Lipinski definition) is 2. The van der Waals surface area contributed by atoms with Crippen molar-refractivity contribution >= 4 is 5.91 Å². The monoisotopic (exact) mass is 335 g/mol. The van der Waals surface area contributed by atoms with Crippen molar-refractivity contribution in [1.82, 2.24) is 25.6 Å². The fraction of sp³-hybridized carbons (Fsp3) is 0.824. The molecule has 1 amide bonds. The number of aromatic nitrogens is 3. The minimum atomic E-state index is -0.202. The van der Waals surface area contributed by atoms with E-state index < -0.39 is 0 Å². The van der Waals surface area contributed by atoms with Crippen LogP contribution in [0.1, 0.15) is 62.3 Å². The quantitative estimate of drug-likeness (QED) is 0.870. The standard InChI is InChI=1S/C17H29N5O2/c1-11-14(20-21-22(11)12-6-8-18-9-7-12)15(23)19-13-10-17(4,24-5)16(13,2)3/h12-13,18H,6-10H2,1-5H3,(H,19,23). The van der Waals surface area contributed by atoms with Crippen LogP contribution in [0.25, 0.3) is 0 Å². The Bertz CT molecular complexity index is 620. The van der Waals surface area contributed by atoms with Gasteiger partial charge in [-0.3, -0.25) is 4.79 Å². The molecule has 2 N–H and O–H groups in total. The van der Waals surface area contributed by atoms with Gasteiger partial charge in [0.25, 0.3) is 5.91 Å². The van der Waals surface area contributed by atoms with E-state index in [2.05, 4.69) is 41.7 Å². The lowest BCUT2D eigenvalue weighted by molar-refractivity contribution is -0.177. The Morgan fingerprint density at radius 1 is 1.33 bits per heavy atom. The van der Waals surface area contributed by atoms with Crippen molar-refractivity contribution in [3.63, 3.8) is 0 Å². The number of ether oxygens (including phenoxy) is 1. The number of amides is 1. The van der Waals surface area contributed by atoms with Gasteiger partial charge in [0.05, 0.1) is 17.3 Å². The normalized spacial score (nSPS) is 30.0. The second-order valence-electron chi connectivity index (χ2n) is 7.84. The van der Waals surface area contributed by atoms with Crippen molar-refractivity contribution in [2.75, 3.05) is 20.2 Å². The van der Waals surface area contributed by atoms with E-state index in [9.17, 15) is 4.79 Å². The average Bonchev–Trinajstić information content (AvgIpc) is 2.96. The maximum Gasteiger partial charge on any atom is 0.273 e. The Morgan fingerprint density at radius 3 is 2.58 bits per heavy atom. The van der Waals surface area contributed by atoms with E-state index in [-0.39, 0.29) is 23.0 Å². The fourth-order valence-electron chi connectivity index (χ4n) is 3.90. The number of methoxy groups -OCH3 is 1. The summed E-state index contributed by atoms with van der Waals surface area (Å²) < 4.78 is 7.54. The van der Waals surface area contributed by atoms with Crippen molar-refractivity contribution in [2.45, 2.75) is 64.6 Å². The summed E-state index contributed by atoms with van der Waals surface area (Å²) in [5.41, 5.74) is 0.977. The third-order valence-electron chi connectivity index (χ3n) is 6.38. The van der Waals surface area contributed by atoms with Crippen molar-refractivity contribution in [3.05, 3.63) is 11.4 Å². The molecule has 3 rings (SSSR count). The number of nitrogens with one attached hydrogen (secondary N) is 2. The van der Waals surface area contributed by atoms with Crippen LogP contribution < -0.4 is 10.6 Å². The van der Waals surface area contributed by atoms with Crippen molar-refractivity contribution in [1.29, 1.82) is 0 Å². The number of nitrogens with zero attached hydrogens (tertiary/aromatic N) is 3. The highest BCUT2D eigenvalue weighted by atomic mass is 16.5. The molecular weight excluding hydrogens is 306 g/mol. The SMILES string of the molecule is COC1(C)CC(NC(=O)c2nnn(C3CCNCC3)c2C)C1(C)C. The highest BCUT2D eigenvalue weighted by Gasteiger charge is 2.58. The van der Waals surface area contributed by atoms with Crippen LogP contribution in [0.3, 0.4) is 0 Å². The van der Waals surface area contributed by atoms with E-state index in [0.717, 1.165) is 38.0 Å². The molecule has 24 heavy (non-hydrogen) atoms. The molecule has 2 atom stereocenters. The molecule has 0 bridgehead atoms. The molecule has 1 aromatic rings. The first-order valence-corrected chi connectivity index (χ1v) is 8.78. The van der Waals surface area contributed by atoms with E-state index in [4.69, 9.17) is 4.74 Å². The first-order valence-electron chi connectivity index (χ1n) is 8.78. The molecule has 1 saturated carbocycles. The van der Waals surface area contributed by atoms with E-state index >= 15 is 0 Å². The molecule has 1 aliphatic carbocycles. The Morgan fingerprint density at radius 2 is 2.00 bits per heavy atom. The minimum absolute atomic E-state index is 0.0818. The van der Waals surface area contributed by atoms with Gasteiger partial charge in [0, 0.05) is 18.6 Å². The predicted octanol–water partition coefficient (Wildman–Crippen LogP) is 1.44. The lowest BCUT2D eigenvalue weighted by Crippen LogP contribution is -2.68. The zero-order valence-corrected chi connectivity index (χ0v) is 15.3. The van der Waals surface area contributed by atoms with Gasteiger partial charge in [-0.2, -0.15) is 0 Å². The Hall–Kier alpha value is -1.47. The van der Waals surface area contributed by atoms with Crippen molar-refractivity contribution in [3.8, 4) is 0 Å². The molecule has 0 spiro atoms. The third-order valence-corrected chi connectivity index (χ3v) is 6.38. The second-order valence-corrected chi connectivity index (χ2v) is 7.84. The largest absolute Gasteiger partial charge is 0.378 e. The van der Waals surface area contributed by atoms with Gasteiger partial charge in [0.2, 0.25) is 0 Å². The van der Waals surface area contributed by atoms with E-state index in [1.807, 2.05) is 11.6 Å². The molecule has 2 aliphatic rings. The Labute approximate surface area is 143 Å². The number of piperidine rings is 1. The average molecular weight is 335 g/mol. The van der Waals surface area contributed by atoms with Gasteiger partial charge >= 0.3 is 0 Å². The van der Waals surface area contributed by atoms with E-state index in [1.165, 1.54) is 0 Å². The summed E-state index contributed by atoms with van der Waals surface area (Å²) in [6, 6.07) is 0.413. The van der Waals surface area contributed by atoms with E-state index in [0.29, 0.717) is 11.7 Å². The number of carbonyl (C=O) groups is 1. The van der Waals surface area contributed by atoms with Crippen LogP contribution >= 0.6 is 0 Å². The van der Waals surface area contributed by atoms with Crippen LogP contribution in [0, 0.1) is 12.3 Å². The molecule has 7 nitrogen and oxygen atoms in total. The van der Waals surface area contributed by atoms with Crippen molar-refractivity contribution < 1.29 is 9.53 Å². The summed E-state index contributed by atoms with van der Waals surface area (Å²) in [5, 5.41) is 14.9. The van der Waals surface area contributed by atoms with Crippen LogP contribution in [0.5, 0.6) is 0 Å². The first-order chi connectivity index (χ1) is 11.3. The van der Waals surface area contributed by atoms with Crippen LogP contribution in [0.4, 0.5) is 0 Å². The Balaban J connectivity index is 1.69. The summed E-state index contributed by atoms with van der Waals surface area (Å²) in [5.74, 6) is -0.135. The molecule has 1 saturated heterocycles. The summed E-state index contributed by atoms with van der Waals surface area (Å²) in [6.45, 7) is 10.2. The number of rotatable bonds is 4. The summed E-state index contributed by atoms with van der Waals surface area (Å²) in [6.07, 6.45) is 2.85. The predicted molar refractivity (Wildman–Crippen MR) is 91.0 cm³/mol. The molecule has 134 valence electrons. The molecule has 0 radical (unpaired) electrons. The highest BCUT2D eigenvalue weighted by Crippen LogP contribution is 2.51. The molecule has 7 heteroatoms. The van der Waals surface area contributed by atoms with Crippen LogP contribution in [-0.4, -0.2) is 52.7 Å².